The number of nitrogens with zero attached hydrogens (tertiary/aromatic N) is 2. The van der Waals surface area contributed by atoms with Crippen molar-refractivity contribution < 1.29 is 77.9 Å². The number of amides is 2. The van der Waals surface area contributed by atoms with E-state index in [0.717, 1.165) is 146 Å². The Kier molecular flexibility index (Phi) is 111. The zero-order valence-corrected chi connectivity index (χ0v) is 96.9. The SMILES string of the molecule is CCCCCCCCC(/C=C/CCCCCCC(=O)Cl)C(CCCCCCCC)CCCCCCCCC(=O)Cl.CCCCCCCCC(/C=C/CCCCCCC(=O)N(C)CCS(=O)(=O)[O-])C(CCCCCCCC)CCCCCCCCC(=O)N(C)CCS(=O)(=O)[O-].CCCCCCCCC(/C=C/CCCCCCC(=O)O)C(CCCCCCCC)CCCCCCCCC(=O)O.CNCCS(=O)(=O)[O-]. The molecule has 0 aromatic rings. The molecule has 0 bridgehead atoms. The fourth-order valence-corrected chi connectivity index (χ4v) is 20.9. The van der Waals surface area contributed by atoms with Crippen LogP contribution in [0.4, 0.5) is 0 Å². The van der Waals surface area contributed by atoms with Gasteiger partial charge in [0.1, 0.15) is 0 Å². The van der Waals surface area contributed by atoms with Gasteiger partial charge in [0.25, 0.3) is 0 Å². The predicted molar refractivity (Wildman–Crippen MR) is 600 cm³/mol. The first kappa shape index (κ1) is 145. The highest BCUT2D eigenvalue weighted by Gasteiger charge is 2.23. The average molecular weight is 2110 g/mol. The van der Waals surface area contributed by atoms with E-state index in [4.69, 9.17) is 33.4 Å². The number of hydrogen-bond acceptors (Lipinski definition) is 16. The van der Waals surface area contributed by atoms with E-state index in [0.29, 0.717) is 56.3 Å². The second-order valence-electron chi connectivity index (χ2n) is 41.8. The molecule has 142 heavy (non-hydrogen) atoms. The Bertz CT molecular complexity index is 3170. The molecule has 20 nitrogen and oxygen atoms in total. The van der Waals surface area contributed by atoms with Crippen LogP contribution in [0.2, 0.25) is 0 Å². The van der Waals surface area contributed by atoms with Gasteiger partial charge in [-0.25, -0.2) is 25.3 Å². The van der Waals surface area contributed by atoms with Crippen molar-refractivity contribution in [1.82, 2.24) is 15.1 Å². The highest BCUT2D eigenvalue weighted by molar-refractivity contribution is 7.86. The third-order valence-electron chi connectivity index (χ3n) is 28.4. The number of unbranched alkanes of at least 4 members (excludes halogenated alkanes) is 57. The predicted octanol–water partition coefficient (Wildman–Crippen LogP) is 33.7. The van der Waals surface area contributed by atoms with Gasteiger partial charge in [-0.2, -0.15) is 0 Å². The molecule has 0 aromatic heterocycles. The summed E-state index contributed by atoms with van der Waals surface area (Å²) in [6, 6.07) is 0. The summed E-state index contributed by atoms with van der Waals surface area (Å²) in [7, 11) is -7.94. The van der Waals surface area contributed by atoms with E-state index in [9.17, 15) is 67.7 Å². The number of carbonyl (C=O) groups is 6. The molecule has 842 valence electrons. The molecular weight excluding hydrogens is 1890 g/mol. The maximum atomic E-state index is 12.3. The van der Waals surface area contributed by atoms with E-state index in [2.05, 4.69) is 83.3 Å². The van der Waals surface area contributed by atoms with E-state index in [-0.39, 0.29) is 47.7 Å². The van der Waals surface area contributed by atoms with Gasteiger partial charge in [-0.15, -0.1) is 0 Å². The number of halogens is 2. The van der Waals surface area contributed by atoms with Gasteiger partial charge in [0.15, 0.2) is 0 Å². The molecule has 0 rings (SSSR count). The topological polar surface area (TPSA) is 333 Å². The van der Waals surface area contributed by atoms with Crippen LogP contribution >= 0.6 is 23.2 Å². The van der Waals surface area contributed by atoms with Crippen LogP contribution in [0.1, 0.15) is 581 Å². The molecule has 6 unspecified atom stereocenters. The molecule has 0 saturated heterocycles. The lowest BCUT2D eigenvalue weighted by molar-refractivity contribution is -0.138. The summed E-state index contributed by atoms with van der Waals surface area (Å²) in [5.74, 6) is 1.38. The van der Waals surface area contributed by atoms with E-state index < -0.39 is 53.8 Å². The lowest BCUT2D eigenvalue weighted by atomic mass is 9.80. The van der Waals surface area contributed by atoms with Crippen molar-refractivity contribution in [3.8, 4) is 0 Å². The van der Waals surface area contributed by atoms with Crippen LogP contribution in [0, 0.1) is 35.5 Å². The fourth-order valence-electron chi connectivity index (χ4n) is 19.2. The van der Waals surface area contributed by atoms with E-state index in [1.54, 1.807) is 21.1 Å². The Morgan fingerprint density at radius 2 is 0.451 bits per heavy atom. The average Bonchev–Trinajstić information content (AvgIpc) is 0.925. The molecule has 0 aromatic carbocycles. The number of allylic oxidation sites excluding steroid dienone is 6. The van der Waals surface area contributed by atoms with Gasteiger partial charge in [-0.3, -0.25) is 28.8 Å². The van der Waals surface area contributed by atoms with Crippen LogP contribution in [-0.2, 0) is 59.1 Å². The largest absolute Gasteiger partial charge is 0.748 e. The van der Waals surface area contributed by atoms with Crippen LogP contribution < -0.4 is 5.32 Å². The minimum atomic E-state index is -4.32. The Hall–Kier alpha value is -3.29. The quantitative estimate of drug-likeness (QED) is 0.0220. The first-order valence-corrected chi connectivity index (χ1v) is 64.5. The maximum Gasteiger partial charge on any atom is 0.303 e. The van der Waals surface area contributed by atoms with Crippen LogP contribution in [0.15, 0.2) is 36.5 Å². The molecule has 2 amide bonds. The minimum Gasteiger partial charge on any atom is -0.748 e. The zero-order valence-electron chi connectivity index (χ0n) is 93.0. The maximum absolute atomic E-state index is 12.3. The van der Waals surface area contributed by atoms with Gasteiger partial charge in [0, 0.05) is 72.3 Å². The molecular formula is C117H222Cl2N3O17S3-3. The minimum absolute atomic E-state index is 0.0486. The van der Waals surface area contributed by atoms with Gasteiger partial charge < -0.3 is 39.0 Å². The van der Waals surface area contributed by atoms with E-state index in [1.165, 1.54) is 382 Å². The third kappa shape index (κ3) is 115. The number of aliphatic carboxylic acids is 2. The highest BCUT2D eigenvalue weighted by atomic mass is 35.5. The molecule has 0 aliphatic carbocycles. The lowest BCUT2D eigenvalue weighted by Crippen LogP contribution is -2.31. The summed E-state index contributed by atoms with van der Waals surface area (Å²) in [6.07, 6.45) is 114. The summed E-state index contributed by atoms with van der Waals surface area (Å²) in [4.78, 5) is 70.5. The third-order valence-corrected chi connectivity index (χ3v) is 30.8. The van der Waals surface area contributed by atoms with E-state index in [1.807, 2.05) is 0 Å². The molecule has 0 spiro atoms. The second-order valence-corrected chi connectivity index (χ2v) is 47.2. The van der Waals surface area contributed by atoms with Crippen LogP contribution in [-0.4, -0.2) is 151 Å². The zero-order chi connectivity index (χ0) is 106. The Balaban J connectivity index is -0.000000979. The highest BCUT2D eigenvalue weighted by Crippen LogP contribution is 2.36. The van der Waals surface area contributed by atoms with Crippen molar-refractivity contribution in [2.24, 2.45) is 35.5 Å². The normalized spacial score (nSPS) is 13.2. The number of carboxylic acid groups (broad SMARTS) is 2. The van der Waals surface area contributed by atoms with Crippen molar-refractivity contribution >= 4 is 87.8 Å². The van der Waals surface area contributed by atoms with E-state index >= 15 is 0 Å². The first-order chi connectivity index (χ1) is 68.3. The Labute approximate surface area is 885 Å². The summed E-state index contributed by atoms with van der Waals surface area (Å²) < 4.78 is 94.5. The summed E-state index contributed by atoms with van der Waals surface area (Å²) >= 11 is 10.9. The standard InChI is InChI=1S/C42H82N2O8S2.C36H66Cl2O2.C36H68O4.C3H9NO3S/c1-5-7-9-11-17-23-29-39(31-25-19-13-15-21-27-33-41(45)43(3)35-37-53(47,48)49)40(30-24-18-12-10-8-6-2)32-26-20-14-16-22-28-34-42(46)44(4)36-38-54(50,51)52;1-3-5-7-9-15-21-27-33(29-23-17-11-13-19-25-31-35(37)39)34(28-22-16-10-8-6-4-2)30-24-18-12-14-20-26-32-36(38)40;1-3-5-7-9-15-21-27-33(29-23-17-11-13-19-25-31-35(37)38)34(28-22-16-10-8-6-4-2)30-24-18-12-14-20-26-32-36(39)40;1-4-2-3-8(5,6)7/h25,31,39-40H,5-24,26-30,32-38H2,1-4H3,(H,47,48,49)(H,50,51,52);23,29,33-34H,3-22,24-28,30-32H2,1-2H3;23,29,33-34H,3-22,24-28,30-32H2,1-2H3,(H,37,38)(H,39,40);4H,2-3H2,1H3,(H,5,6,7)/p-3/b31-25+;2*29-23+;. The molecule has 0 radical (unpaired) electrons. The summed E-state index contributed by atoms with van der Waals surface area (Å²) in [5.41, 5.74) is 0. The van der Waals surface area contributed by atoms with Crippen molar-refractivity contribution in [1.29, 1.82) is 0 Å². The molecule has 3 N–H and O–H groups in total. The van der Waals surface area contributed by atoms with Crippen molar-refractivity contribution in [2.45, 2.75) is 581 Å². The fraction of sp³-hybridized carbons (Fsp3) is 0.897. The van der Waals surface area contributed by atoms with Crippen molar-refractivity contribution in [3.63, 3.8) is 0 Å². The molecule has 25 heteroatoms. The summed E-state index contributed by atoms with van der Waals surface area (Å²) in [5, 5.41) is 19.8. The number of rotatable bonds is 105. The molecule has 0 saturated carbocycles. The molecule has 0 aliphatic heterocycles. The molecule has 6 atom stereocenters. The number of carboxylic acids is 2. The number of carbonyl (C=O) groups excluding carboxylic acids is 4. The Morgan fingerprint density at radius 1 is 0.268 bits per heavy atom. The second kappa shape index (κ2) is 109. The van der Waals surface area contributed by atoms with Gasteiger partial charge in [0.05, 0.1) is 47.6 Å². The monoisotopic (exact) mass is 2110 g/mol. The van der Waals surface area contributed by atoms with Crippen LogP contribution in [0.3, 0.4) is 0 Å². The Morgan fingerprint density at radius 3 is 0.641 bits per heavy atom. The molecule has 0 fully saturated rings. The summed E-state index contributed by atoms with van der Waals surface area (Å²) in [6.45, 7) is 13.8. The van der Waals surface area contributed by atoms with Crippen molar-refractivity contribution in [3.05, 3.63) is 36.5 Å². The van der Waals surface area contributed by atoms with Gasteiger partial charge in [0.2, 0.25) is 22.3 Å². The van der Waals surface area contributed by atoms with Gasteiger partial charge in [-0.05, 0) is 201 Å². The van der Waals surface area contributed by atoms with Crippen LogP contribution in [0.25, 0.3) is 0 Å². The van der Waals surface area contributed by atoms with Gasteiger partial charge in [-0.1, -0.05) is 444 Å². The van der Waals surface area contributed by atoms with Crippen molar-refractivity contribution in [2.75, 3.05) is 58.0 Å². The first-order valence-electron chi connectivity index (χ1n) is 59.0. The molecule has 0 heterocycles. The number of nitrogens with one attached hydrogen (secondary N) is 1. The van der Waals surface area contributed by atoms with Crippen LogP contribution in [0.5, 0.6) is 0 Å². The van der Waals surface area contributed by atoms with Gasteiger partial charge >= 0.3 is 11.9 Å². The molecule has 0 aliphatic rings. The number of hydrogen-bond donors (Lipinski definition) is 3. The smallest absolute Gasteiger partial charge is 0.303 e. The lowest BCUT2D eigenvalue weighted by Gasteiger charge is -2.26.